The fraction of sp³-hybridized carbons (Fsp3) is 0.176. The van der Waals surface area contributed by atoms with Gasteiger partial charge in [0.2, 0.25) is 5.91 Å². The third kappa shape index (κ3) is 3.07. The predicted molar refractivity (Wildman–Crippen MR) is 95.9 cm³/mol. The first-order chi connectivity index (χ1) is 11.6. The van der Waals surface area contributed by atoms with E-state index in [1.165, 1.54) is 0 Å². The Morgan fingerprint density at radius 2 is 1.92 bits per heavy atom. The number of aromatic nitrogens is 3. The van der Waals surface area contributed by atoms with Gasteiger partial charge < -0.3 is 5.32 Å². The average molecular weight is 387 g/mol. The second-order valence-electron chi connectivity index (χ2n) is 5.25. The number of halogens is 1. The molecular weight excluding hydrogens is 372 g/mol. The molecular formula is C17H15BrN4O2. The molecule has 1 aromatic heterocycles. The number of rotatable bonds is 4. The topological polar surface area (TPSA) is 76.9 Å². The van der Waals surface area contributed by atoms with Crippen molar-refractivity contribution in [2.75, 3.05) is 5.32 Å². The first-order valence-corrected chi connectivity index (χ1v) is 8.30. The van der Waals surface area contributed by atoms with Crippen molar-refractivity contribution in [2.45, 2.75) is 19.4 Å². The van der Waals surface area contributed by atoms with Crippen LogP contribution in [0, 0.1) is 0 Å². The highest BCUT2D eigenvalue weighted by atomic mass is 79.9. The van der Waals surface area contributed by atoms with Crippen LogP contribution in [0.4, 0.5) is 5.69 Å². The first kappa shape index (κ1) is 16.3. The summed E-state index contributed by atoms with van der Waals surface area (Å²) >= 11 is 3.39. The van der Waals surface area contributed by atoms with E-state index < -0.39 is 6.04 Å². The maximum atomic E-state index is 12.6. The molecule has 0 radical (unpaired) electrons. The summed E-state index contributed by atoms with van der Waals surface area (Å²) in [4.78, 5) is 25.2. The van der Waals surface area contributed by atoms with Crippen molar-refractivity contribution in [2.24, 2.45) is 0 Å². The molecule has 24 heavy (non-hydrogen) atoms. The van der Waals surface area contributed by atoms with Gasteiger partial charge in [0, 0.05) is 4.47 Å². The van der Waals surface area contributed by atoms with Crippen LogP contribution in [-0.4, -0.2) is 20.9 Å². The monoisotopic (exact) mass is 386 g/mol. The molecule has 7 heteroatoms. The summed E-state index contributed by atoms with van der Waals surface area (Å²) in [5.74, 6) is -0.309. The summed E-state index contributed by atoms with van der Waals surface area (Å²) in [5.41, 5.74) is 0.831. The summed E-state index contributed by atoms with van der Waals surface area (Å²) < 4.78 is 1.92. The predicted octanol–water partition coefficient (Wildman–Crippen LogP) is 3.14. The van der Waals surface area contributed by atoms with Crippen LogP contribution in [0.25, 0.3) is 10.9 Å². The van der Waals surface area contributed by atoms with Gasteiger partial charge in [-0.1, -0.05) is 36.4 Å². The molecule has 122 valence electrons. The molecule has 0 aliphatic heterocycles. The van der Waals surface area contributed by atoms with Gasteiger partial charge in [0.15, 0.2) is 0 Å². The number of amides is 1. The number of carbonyl (C=O) groups excluding carboxylic acids is 1. The number of anilines is 1. The average Bonchev–Trinajstić information content (AvgIpc) is 2.60. The molecule has 1 N–H and O–H groups in total. The number of hydrogen-bond donors (Lipinski definition) is 1. The Hall–Kier alpha value is -2.54. The minimum Gasteiger partial charge on any atom is -0.323 e. The fourth-order valence-corrected chi connectivity index (χ4v) is 2.84. The Bertz CT molecular complexity index is 954. The number of benzene rings is 2. The maximum absolute atomic E-state index is 12.6. The Morgan fingerprint density at radius 3 is 2.67 bits per heavy atom. The van der Waals surface area contributed by atoms with Crippen LogP contribution < -0.4 is 10.9 Å². The molecule has 0 bridgehead atoms. The summed E-state index contributed by atoms with van der Waals surface area (Å²) in [6.45, 7) is 1.83. The van der Waals surface area contributed by atoms with Crippen molar-refractivity contribution >= 4 is 38.4 Å². The second kappa shape index (κ2) is 6.92. The molecule has 0 saturated carbocycles. The molecule has 1 amide bonds. The van der Waals surface area contributed by atoms with E-state index in [4.69, 9.17) is 0 Å². The van der Waals surface area contributed by atoms with E-state index in [9.17, 15) is 9.59 Å². The highest BCUT2D eigenvalue weighted by Crippen LogP contribution is 2.22. The molecule has 6 nitrogen and oxygen atoms in total. The van der Waals surface area contributed by atoms with Gasteiger partial charge in [0.05, 0.1) is 11.1 Å². The van der Waals surface area contributed by atoms with E-state index in [-0.39, 0.29) is 11.5 Å². The molecule has 3 aromatic rings. The maximum Gasteiger partial charge on any atom is 0.278 e. The van der Waals surface area contributed by atoms with Gasteiger partial charge in [-0.3, -0.25) is 9.59 Å². The van der Waals surface area contributed by atoms with Crippen LogP contribution in [0.5, 0.6) is 0 Å². The Kier molecular flexibility index (Phi) is 4.71. The van der Waals surface area contributed by atoms with Gasteiger partial charge in [0.25, 0.3) is 5.56 Å². The smallest absolute Gasteiger partial charge is 0.278 e. The molecule has 0 fully saturated rings. The third-order valence-electron chi connectivity index (χ3n) is 3.71. The summed E-state index contributed by atoms with van der Waals surface area (Å²) in [5, 5.41) is 11.3. The van der Waals surface area contributed by atoms with Gasteiger partial charge in [-0.25, -0.2) is 0 Å². The van der Waals surface area contributed by atoms with Gasteiger partial charge >= 0.3 is 0 Å². The molecule has 1 atom stereocenters. The van der Waals surface area contributed by atoms with Crippen molar-refractivity contribution < 1.29 is 4.79 Å². The lowest BCUT2D eigenvalue weighted by Gasteiger charge is -2.17. The summed E-state index contributed by atoms with van der Waals surface area (Å²) in [6.07, 6.45) is 0.420. The SMILES string of the molecule is CC[C@@H](C(=O)Nc1ccccc1Br)n1nnc2ccccc2c1=O. The van der Waals surface area contributed by atoms with Crippen molar-refractivity contribution in [3.05, 3.63) is 63.4 Å². The molecule has 0 spiro atoms. The number of nitrogens with one attached hydrogen (secondary N) is 1. The molecule has 3 rings (SSSR count). The van der Waals surface area contributed by atoms with Crippen molar-refractivity contribution in [3.8, 4) is 0 Å². The Morgan fingerprint density at radius 1 is 1.21 bits per heavy atom. The van der Waals surface area contributed by atoms with Crippen molar-refractivity contribution in [1.82, 2.24) is 15.0 Å². The molecule has 0 unspecified atom stereocenters. The van der Waals surface area contributed by atoms with Crippen LogP contribution in [0.1, 0.15) is 19.4 Å². The zero-order valence-corrected chi connectivity index (χ0v) is 14.5. The van der Waals surface area contributed by atoms with Crippen molar-refractivity contribution in [1.29, 1.82) is 0 Å². The summed E-state index contributed by atoms with van der Waals surface area (Å²) in [6, 6.07) is 13.5. The third-order valence-corrected chi connectivity index (χ3v) is 4.40. The standard InChI is InChI=1S/C17H15BrN4O2/c1-2-15(16(23)19-14-10-6-4-8-12(14)18)22-17(24)11-7-3-5-9-13(11)20-21-22/h3-10,15H,2H2,1H3,(H,19,23)/t15-/m0/s1. The van der Waals surface area contributed by atoms with Crippen LogP contribution in [-0.2, 0) is 4.79 Å². The van der Waals surface area contributed by atoms with Crippen molar-refractivity contribution in [3.63, 3.8) is 0 Å². The van der Waals surface area contributed by atoms with E-state index in [0.29, 0.717) is 23.0 Å². The van der Waals surface area contributed by atoms with E-state index in [1.54, 1.807) is 30.3 Å². The van der Waals surface area contributed by atoms with Gasteiger partial charge in [-0.2, -0.15) is 4.68 Å². The van der Waals surface area contributed by atoms with Gasteiger partial charge in [-0.15, -0.1) is 5.10 Å². The molecule has 0 aliphatic carbocycles. The van der Waals surface area contributed by atoms with Crippen LogP contribution >= 0.6 is 15.9 Å². The van der Waals surface area contributed by atoms with Gasteiger partial charge in [-0.05, 0) is 46.6 Å². The number of fused-ring (bicyclic) bond motifs is 1. The van der Waals surface area contributed by atoms with Crippen LogP contribution in [0.2, 0.25) is 0 Å². The van der Waals surface area contributed by atoms with E-state index >= 15 is 0 Å². The summed E-state index contributed by atoms with van der Waals surface area (Å²) in [7, 11) is 0. The molecule has 0 saturated heterocycles. The highest BCUT2D eigenvalue weighted by Gasteiger charge is 2.22. The minimum atomic E-state index is -0.735. The van der Waals surface area contributed by atoms with E-state index in [1.807, 2.05) is 25.1 Å². The second-order valence-corrected chi connectivity index (χ2v) is 6.10. The lowest BCUT2D eigenvalue weighted by atomic mass is 10.2. The number of hydrogen-bond acceptors (Lipinski definition) is 4. The lowest BCUT2D eigenvalue weighted by molar-refractivity contribution is -0.119. The number of carbonyl (C=O) groups is 1. The quantitative estimate of drug-likeness (QED) is 0.746. The van der Waals surface area contributed by atoms with Crippen LogP contribution in [0.15, 0.2) is 57.8 Å². The highest BCUT2D eigenvalue weighted by molar-refractivity contribution is 9.10. The fourth-order valence-electron chi connectivity index (χ4n) is 2.45. The van der Waals surface area contributed by atoms with E-state index in [2.05, 4.69) is 31.6 Å². The Labute approximate surface area is 146 Å². The normalized spacial score (nSPS) is 12.1. The van der Waals surface area contributed by atoms with Crippen LogP contribution in [0.3, 0.4) is 0 Å². The molecule has 1 heterocycles. The minimum absolute atomic E-state index is 0.309. The largest absolute Gasteiger partial charge is 0.323 e. The zero-order chi connectivity index (χ0) is 17.1. The molecule has 0 aliphatic rings. The molecule has 2 aromatic carbocycles. The van der Waals surface area contributed by atoms with Gasteiger partial charge in [0.1, 0.15) is 11.6 Å². The lowest BCUT2D eigenvalue weighted by Crippen LogP contribution is -2.35. The Balaban J connectivity index is 1.97. The van der Waals surface area contributed by atoms with E-state index in [0.717, 1.165) is 9.15 Å². The number of para-hydroxylation sites is 1. The first-order valence-electron chi connectivity index (χ1n) is 7.51. The zero-order valence-electron chi connectivity index (χ0n) is 12.9. The number of nitrogens with zero attached hydrogens (tertiary/aromatic N) is 3.